The number of carbonyl (C=O) groups excluding carboxylic acids is 1. The lowest BCUT2D eigenvalue weighted by molar-refractivity contribution is 0.0600. The van der Waals surface area contributed by atoms with Crippen LogP contribution in [0, 0.1) is 0 Å². The van der Waals surface area contributed by atoms with Gasteiger partial charge in [0.25, 0.3) is 0 Å². The number of methoxy groups -OCH3 is 1. The van der Waals surface area contributed by atoms with Gasteiger partial charge >= 0.3 is 5.97 Å². The van der Waals surface area contributed by atoms with E-state index in [1.807, 2.05) is 41.2 Å². The van der Waals surface area contributed by atoms with Crippen molar-refractivity contribution in [1.29, 1.82) is 0 Å². The molecule has 1 aromatic carbocycles. The molecule has 0 bridgehead atoms. The molecule has 0 N–H and O–H groups in total. The van der Waals surface area contributed by atoms with Crippen LogP contribution in [0.4, 0.5) is 0 Å². The van der Waals surface area contributed by atoms with Gasteiger partial charge in [0.15, 0.2) is 0 Å². The topological polar surface area (TPSA) is 31.2 Å². The molecule has 2 rings (SSSR count). The maximum atomic E-state index is 11.6. The van der Waals surface area contributed by atoms with Crippen LogP contribution in [0.15, 0.2) is 47.2 Å². The number of hydrogen-bond acceptors (Lipinski definition) is 2. The van der Waals surface area contributed by atoms with Gasteiger partial charge in [-0.2, -0.15) is 0 Å². The van der Waals surface area contributed by atoms with Crippen LogP contribution in [0.25, 0.3) is 5.69 Å². The minimum atomic E-state index is -0.343. The lowest BCUT2D eigenvalue weighted by Crippen LogP contribution is -2.06. The molecule has 0 atom stereocenters. The number of aromatic nitrogens is 1. The predicted octanol–water partition coefficient (Wildman–Crippen LogP) is 3.03. The van der Waals surface area contributed by atoms with Crippen LogP contribution in [-0.2, 0) is 4.74 Å². The second-order valence-electron chi connectivity index (χ2n) is 3.24. The Morgan fingerprint density at radius 2 is 2.00 bits per heavy atom. The zero-order valence-corrected chi connectivity index (χ0v) is 10.3. The van der Waals surface area contributed by atoms with Gasteiger partial charge in [-0.05, 0) is 30.3 Å². The van der Waals surface area contributed by atoms with E-state index in [1.54, 1.807) is 6.07 Å². The third-order valence-electron chi connectivity index (χ3n) is 2.25. The summed E-state index contributed by atoms with van der Waals surface area (Å²) in [5.41, 5.74) is 1.34. The fourth-order valence-corrected chi connectivity index (χ4v) is 1.86. The summed E-state index contributed by atoms with van der Waals surface area (Å²) in [5.74, 6) is -0.343. The molecule has 1 aromatic heterocycles. The van der Waals surface area contributed by atoms with Crippen LogP contribution in [0.1, 0.15) is 10.4 Å². The molecule has 0 aliphatic heterocycles. The van der Waals surface area contributed by atoms with Crippen molar-refractivity contribution >= 4 is 21.9 Å². The number of carbonyl (C=O) groups is 1. The molecule has 3 nitrogen and oxygen atoms in total. The normalized spacial score (nSPS) is 10.1. The first-order chi connectivity index (χ1) is 7.72. The zero-order valence-electron chi connectivity index (χ0n) is 8.68. The van der Waals surface area contributed by atoms with Crippen LogP contribution >= 0.6 is 15.9 Å². The van der Waals surface area contributed by atoms with Crippen molar-refractivity contribution in [1.82, 2.24) is 4.57 Å². The SMILES string of the molecule is COC(=O)c1cc(Br)ccc1-n1cccc1. The molecule has 0 radical (unpaired) electrons. The summed E-state index contributed by atoms with van der Waals surface area (Å²) in [6.45, 7) is 0. The number of ether oxygens (including phenoxy) is 1. The van der Waals surface area contributed by atoms with E-state index in [0.717, 1.165) is 10.2 Å². The summed E-state index contributed by atoms with van der Waals surface area (Å²) < 4.78 is 7.48. The molecular weight excluding hydrogens is 270 g/mol. The van der Waals surface area contributed by atoms with E-state index in [2.05, 4.69) is 15.9 Å². The highest BCUT2D eigenvalue weighted by Crippen LogP contribution is 2.21. The first kappa shape index (κ1) is 11.0. The maximum Gasteiger partial charge on any atom is 0.340 e. The Kier molecular flexibility index (Phi) is 3.10. The van der Waals surface area contributed by atoms with Crippen LogP contribution < -0.4 is 0 Å². The summed E-state index contributed by atoms with van der Waals surface area (Å²) in [6.07, 6.45) is 3.77. The van der Waals surface area contributed by atoms with Gasteiger partial charge in [-0.15, -0.1) is 0 Å². The first-order valence-electron chi connectivity index (χ1n) is 4.73. The standard InChI is InChI=1S/C12H10BrNO2/c1-16-12(15)10-8-9(13)4-5-11(10)14-6-2-3-7-14/h2-8H,1H3. The molecule has 0 aliphatic carbocycles. The van der Waals surface area contributed by atoms with Gasteiger partial charge < -0.3 is 9.30 Å². The lowest BCUT2D eigenvalue weighted by atomic mass is 10.2. The number of nitrogens with zero attached hydrogens (tertiary/aromatic N) is 1. The lowest BCUT2D eigenvalue weighted by Gasteiger charge is -2.09. The van der Waals surface area contributed by atoms with Crippen LogP contribution in [0.5, 0.6) is 0 Å². The molecule has 0 unspecified atom stereocenters. The highest BCUT2D eigenvalue weighted by molar-refractivity contribution is 9.10. The number of benzene rings is 1. The summed E-state index contributed by atoms with van der Waals surface area (Å²) in [6, 6.07) is 9.32. The molecule has 1 heterocycles. The second-order valence-corrected chi connectivity index (χ2v) is 4.16. The Balaban J connectivity index is 2.57. The van der Waals surface area contributed by atoms with Gasteiger partial charge in [0, 0.05) is 16.9 Å². The molecule has 0 saturated carbocycles. The number of rotatable bonds is 2. The van der Waals surface area contributed by atoms with E-state index >= 15 is 0 Å². The highest BCUT2D eigenvalue weighted by Gasteiger charge is 2.12. The van der Waals surface area contributed by atoms with Crippen molar-refractivity contribution in [2.45, 2.75) is 0 Å². The van der Waals surface area contributed by atoms with Crippen LogP contribution in [-0.4, -0.2) is 17.6 Å². The van der Waals surface area contributed by atoms with E-state index < -0.39 is 0 Å². The molecule has 0 aliphatic rings. The highest BCUT2D eigenvalue weighted by atomic mass is 79.9. The van der Waals surface area contributed by atoms with Crippen LogP contribution in [0.2, 0.25) is 0 Å². The molecule has 82 valence electrons. The van der Waals surface area contributed by atoms with Gasteiger partial charge in [-0.1, -0.05) is 15.9 Å². The van der Waals surface area contributed by atoms with Gasteiger partial charge in [0.05, 0.1) is 18.4 Å². The molecule has 4 heteroatoms. The van der Waals surface area contributed by atoms with Crippen molar-refractivity contribution in [3.05, 3.63) is 52.8 Å². The van der Waals surface area contributed by atoms with Crippen molar-refractivity contribution in [3.8, 4) is 5.69 Å². The van der Waals surface area contributed by atoms with Crippen molar-refractivity contribution < 1.29 is 9.53 Å². The fraction of sp³-hybridized carbons (Fsp3) is 0.0833. The van der Waals surface area contributed by atoms with Crippen molar-refractivity contribution in [3.63, 3.8) is 0 Å². The maximum absolute atomic E-state index is 11.6. The monoisotopic (exact) mass is 279 g/mol. The van der Waals surface area contributed by atoms with E-state index in [1.165, 1.54) is 7.11 Å². The number of esters is 1. The van der Waals surface area contributed by atoms with E-state index in [9.17, 15) is 4.79 Å². The van der Waals surface area contributed by atoms with Gasteiger partial charge in [-0.25, -0.2) is 4.79 Å². The Labute approximate surface area is 102 Å². The second kappa shape index (κ2) is 4.53. The quantitative estimate of drug-likeness (QED) is 0.792. The van der Waals surface area contributed by atoms with Gasteiger partial charge in [0.2, 0.25) is 0 Å². The molecule has 2 aromatic rings. The average molecular weight is 280 g/mol. The summed E-state index contributed by atoms with van der Waals surface area (Å²) in [7, 11) is 1.38. The summed E-state index contributed by atoms with van der Waals surface area (Å²) in [4.78, 5) is 11.6. The summed E-state index contributed by atoms with van der Waals surface area (Å²) >= 11 is 3.34. The molecule has 0 spiro atoms. The number of hydrogen-bond donors (Lipinski definition) is 0. The van der Waals surface area contributed by atoms with E-state index in [4.69, 9.17) is 4.74 Å². The largest absolute Gasteiger partial charge is 0.465 e. The third kappa shape index (κ3) is 2.02. The molecule has 0 amide bonds. The molecule has 0 fully saturated rings. The van der Waals surface area contributed by atoms with Gasteiger partial charge in [-0.3, -0.25) is 0 Å². The Bertz CT molecular complexity index is 506. The zero-order chi connectivity index (χ0) is 11.5. The fourth-order valence-electron chi connectivity index (χ4n) is 1.50. The number of halogens is 1. The van der Waals surface area contributed by atoms with Crippen molar-refractivity contribution in [2.75, 3.05) is 7.11 Å². The Morgan fingerprint density at radius 1 is 1.31 bits per heavy atom. The van der Waals surface area contributed by atoms with E-state index in [-0.39, 0.29) is 5.97 Å². The predicted molar refractivity (Wildman–Crippen MR) is 64.8 cm³/mol. The Hall–Kier alpha value is -1.55. The molecule has 0 saturated heterocycles. The smallest absolute Gasteiger partial charge is 0.340 e. The van der Waals surface area contributed by atoms with Gasteiger partial charge in [0.1, 0.15) is 0 Å². The molecular formula is C12H10BrNO2. The summed E-state index contributed by atoms with van der Waals surface area (Å²) in [5, 5.41) is 0. The Morgan fingerprint density at radius 3 is 2.62 bits per heavy atom. The average Bonchev–Trinajstić information content (AvgIpc) is 2.81. The minimum absolute atomic E-state index is 0.343. The minimum Gasteiger partial charge on any atom is -0.465 e. The third-order valence-corrected chi connectivity index (χ3v) is 2.74. The first-order valence-corrected chi connectivity index (χ1v) is 5.53. The van der Waals surface area contributed by atoms with Crippen molar-refractivity contribution in [2.24, 2.45) is 0 Å². The van der Waals surface area contributed by atoms with E-state index in [0.29, 0.717) is 5.56 Å². The molecule has 16 heavy (non-hydrogen) atoms. The van der Waals surface area contributed by atoms with Crippen LogP contribution in [0.3, 0.4) is 0 Å².